The molecule has 0 aromatic heterocycles. The zero-order valence-electron chi connectivity index (χ0n) is 12.1. The highest BCUT2D eigenvalue weighted by Crippen LogP contribution is 2.30. The number of nitrogens with zero attached hydrogens (tertiary/aromatic N) is 1. The summed E-state index contributed by atoms with van der Waals surface area (Å²) in [4.78, 5) is 14.2. The topological polar surface area (TPSA) is 49.8 Å². The Labute approximate surface area is 138 Å². The second-order valence-electron chi connectivity index (χ2n) is 5.38. The van der Waals surface area contributed by atoms with Crippen molar-refractivity contribution in [2.75, 3.05) is 13.2 Å². The minimum atomic E-state index is -0.609. The molecule has 1 aliphatic rings. The molecule has 0 radical (unpaired) electrons. The van der Waals surface area contributed by atoms with Crippen LogP contribution in [0.5, 0.6) is 5.75 Å². The number of carbonyl (C=O) groups is 1. The predicted octanol–water partition coefficient (Wildman–Crippen LogP) is 3.10. The number of benzene rings is 1. The lowest BCUT2D eigenvalue weighted by Crippen LogP contribution is -2.45. The SMILES string of the molecule is CC(Oc1ccc(Cl)cc1Br)C(=O)N1CCC(C)C1CO. The van der Waals surface area contributed by atoms with E-state index in [0.29, 0.717) is 27.7 Å². The quantitative estimate of drug-likeness (QED) is 0.878. The van der Waals surface area contributed by atoms with Gasteiger partial charge in [0.15, 0.2) is 6.10 Å². The van der Waals surface area contributed by atoms with Crippen LogP contribution in [0.15, 0.2) is 22.7 Å². The van der Waals surface area contributed by atoms with Crippen LogP contribution in [-0.4, -0.2) is 41.2 Å². The molecule has 1 aromatic carbocycles. The summed E-state index contributed by atoms with van der Waals surface area (Å²) in [7, 11) is 0. The lowest BCUT2D eigenvalue weighted by molar-refractivity contribution is -0.139. The third-order valence-electron chi connectivity index (χ3n) is 3.90. The van der Waals surface area contributed by atoms with Crippen molar-refractivity contribution in [1.82, 2.24) is 4.90 Å². The summed E-state index contributed by atoms with van der Waals surface area (Å²) in [5.41, 5.74) is 0. The lowest BCUT2D eigenvalue weighted by atomic mass is 10.0. The van der Waals surface area contributed by atoms with E-state index in [-0.39, 0.29) is 18.6 Å². The fourth-order valence-corrected chi connectivity index (χ4v) is 3.38. The Hall–Kier alpha value is -0.780. The molecule has 0 spiro atoms. The molecular weight excluding hydrogens is 358 g/mol. The lowest BCUT2D eigenvalue weighted by Gasteiger charge is -2.28. The number of aliphatic hydroxyl groups is 1. The van der Waals surface area contributed by atoms with Gasteiger partial charge in [-0.25, -0.2) is 0 Å². The van der Waals surface area contributed by atoms with E-state index in [4.69, 9.17) is 16.3 Å². The van der Waals surface area contributed by atoms with E-state index >= 15 is 0 Å². The van der Waals surface area contributed by atoms with Crippen LogP contribution >= 0.6 is 27.5 Å². The molecule has 1 heterocycles. The zero-order valence-corrected chi connectivity index (χ0v) is 14.4. The molecule has 116 valence electrons. The second kappa shape index (κ2) is 6.99. The fraction of sp³-hybridized carbons (Fsp3) is 0.533. The molecule has 0 saturated carbocycles. The van der Waals surface area contributed by atoms with Gasteiger partial charge in [0.2, 0.25) is 0 Å². The summed E-state index contributed by atoms with van der Waals surface area (Å²) in [6.07, 6.45) is 0.302. The van der Waals surface area contributed by atoms with Crippen molar-refractivity contribution < 1.29 is 14.6 Å². The third kappa shape index (κ3) is 3.71. The van der Waals surface area contributed by atoms with Gasteiger partial charge in [-0.3, -0.25) is 4.79 Å². The molecule has 1 fully saturated rings. The van der Waals surface area contributed by atoms with Crippen LogP contribution in [0.1, 0.15) is 20.3 Å². The van der Waals surface area contributed by atoms with E-state index < -0.39 is 6.10 Å². The first-order valence-corrected chi connectivity index (χ1v) is 8.14. The van der Waals surface area contributed by atoms with E-state index in [2.05, 4.69) is 22.9 Å². The van der Waals surface area contributed by atoms with E-state index in [1.165, 1.54) is 0 Å². The first-order valence-electron chi connectivity index (χ1n) is 6.97. The van der Waals surface area contributed by atoms with Crippen LogP contribution in [0.3, 0.4) is 0 Å². The summed E-state index contributed by atoms with van der Waals surface area (Å²) in [6.45, 7) is 4.43. The van der Waals surface area contributed by atoms with Gasteiger partial charge in [0, 0.05) is 11.6 Å². The maximum absolute atomic E-state index is 12.5. The van der Waals surface area contributed by atoms with Crippen molar-refractivity contribution >= 4 is 33.4 Å². The molecule has 3 atom stereocenters. The van der Waals surface area contributed by atoms with Crippen LogP contribution in [-0.2, 0) is 4.79 Å². The minimum absolute atomic E-state index is 0.00966. The number of amides is 1. The molecule has 1 aliphatic heterocycles. The number of likely N-dealkylation sites (tertiary alicyclic amines) is 1. The zero-order chi connectivity index (χ0) is 15.6. The van der Waals surface area contributed by atoms with Gasteiger partial charge in [-0.1, -0.05) is 18.5 Å². The monoisotopic (exact) mass is 375 g/mol. The molecule has 1 amide bonds. The second-order valence-corrected chi connectivity index (χ2v) is 6.67. The summed E-state index contributed by atoms with van der Waals surface area (Å²) < 4.78 is 6.44. The number of halogens is 2. The Morgan fingerprint density at radius 3 is 2.95 bits per heavy atom. The van der Waals surface area contributed by atoms with Gasteiger partial charge in [-0.15, -0.1) is 0 Å². The molecule has 0 aliphatic carbocycles. The molecule has 1 N–H and O–H groups in total. The summed E-state index contributed by atoms with van der Waals surface area (Å²) >= 11 is 9.25. The standard InChI is InChI=1S/C15H19BrClNO3/c1-9-5-6-18(13(9)8-19)15(20)10(2)21-14-4-3-11(17)7-12(14)16/h3-4,7,9-10,13,19H,5-6,8H2,1-2H3. The number of rotatable bonds is 4. The van der Waals surface area contributed by atoms with Crippen LogP contribution < -0.4 is 4.74 Å². The third-order valence-corrected chi connectivity index (χ3v) is 4.75. The van der Waals surface area contributed by atoms with Gasteiger partial charge in [0.05, 0.1) is 17.1 Å². The minimum Gasteiger partial charge on any atom is -0.480 e. The molecule has 1 aromatic rings. The highest BCUT2D eigenvalue weighted by atomic mass is 79.9. The van der Waals surface area contributed by atoms with Gasteiger partial charge in [0.25, 0.3) is 5.91 Å². The smallest absolute Gasteiger partial charge is 0.263 e. The largest absolute Gasteiger partial charge is 0.480 e. The highest BCUT2D eigenvalue weighted by molar-refractivity contribution is 9.10. The number of ether oxygens (including phenoxy) is 1. The van der Waals surface area contributed by atoms with Crippen molar-refractivity contribution in [2.24, 2.45) is 5.92 Å². The van der Waals surface area contributed by atoms with E-state index in [0.717, 1.165) is 6.42 Å². The highest BCUT2D eigenvalue weighted by Gasteiger charge is 2.36. The normalized spacial score (nSPS) is 23.2. The molecule has 6 heteroatoms. The first kappa shape index (κ1) is 16.6. The van der Waals surface area contributed by atoms with Gasteiger partial charge in [0.1, 0.15) is 5.75 Å². The molecule has 1 saturated heterocycles. The fourth-order valence-electron chi connectivity index (χ4n) is 2.61. The Bertz CT molecular complexity index is 526. The average Bonchev–Trinajstić information content (AvgIpc) is 2.81. The number of aliphatic hydroxyl groups excluding tert-OH is 1. The van der Waals surface area contributed by atoms with Crippen molar-refractivity contribution in [3.05, 3.63) is 27.7 Å². The van der Waals surface area contributed by atoms with Crippen molar-refractivity contribution in [2.45, 2.75) is 32.4 Å². The van der Waals surface area contributed by atoms with Gasteiger partial charge in [-0.2, -0.15) is 0 Å². The molecule has 2 rings (SSSR count). The number of hydrogen-bond donors (Lipinski definition) is 1. The maximum Gasteiger partial charge on any atom is 0.263 e. The van der Waals surface area contributed by atoms with Crippen molar-refractivity contribution in [1.29, 1.82) is 0 Å². The Balaban J connectivity index is 2.06. The van der Waals surface area contributed by atoms with Crippen molar-refractivity contribution in [3.63, 3.8) is 0 Å². The molecule has 3 unspecified atom stereocenters. The van der Waals surface area contributed by atoms with Crippen LogP contribution in [0.2, 0.25) is 5.02 Å². The van der Waals surface area contributed by atoms with E-state index in [9.17, 15) is 9.90 Å². The van der Waals surface area contributed by atoms with Crippen LogP contribution in [0, 0.1) is 5.92 Å². The summed E-state index contributed by atoms with van der Waals surface area (Å²) in [5.74, 6) is 0.793. The predicted molar refractivity (Wildman–Crippen MR) is 85.6 cm³/mol. The van der Waals surface area contributed by atoms with Gasteiger partial charge >= 0.3 is 0 Å². The number of carbonyl (C=O) groups excluding carboxylic acids is 1. The maximum atomic E-state index is 12.5. The van der Waals surface area contributed by atoms with Gasteiger partial charge in [-0.05, 0) is 53.4 Å². The first-order chi connectivity index (χ1) is 9.93. The average molecular weight is 377 g/mol. The van der Waals surface area contributed by atoms with E-state index in [1.807, 2.05) is 0 Å². The van der Waals surface area contributed by atoms with Crippen LogP contribution in [0.25, 0.3) is 0 Å². The Morgan fingerprint density at radius 2 is 2.33 bits per heavy atom. The molecular formula is C15H19BrClNO3. The Kier molecular flexibility index (Phi) is 5.52. The summed E-state index contributed by atoms with van der Waals surface area (Å²) in [6, 6.07) is 5.06. The van der Waals surface area contributed by atoms with Crippen molar-refractivity contribution in [3.8, 4) is 5.75 Å². The molecule has 4 nitrogen and oxygen atoms in total. The number of hydrogen-bond acceptors (Lipinski definition) is 3. The Morgan fingerprint density at radius 1 is 1.62 bits per heavy atom. The van der Waals surface area contributed by atoms with Gasteiger partial charge < -0.3 is 14.7 Å². The molecule has 21 heavy (non-hydrogen) atoms. The molecule has 0 bridgehead atoms. The summed E-state index contributed by atoms with van der Waals surface area (Å²) in [5, 5.41) is 10.0. The van der Waals surface area contributed by atoms with E-state index in [1.54, 1.807) is 30.0 Å². The van der Waals surface area contributed by atoms with Crippen LogP contribution in [0.4, 0.5) is 0 Å².